The van der Waals surface area contributed by atoms with Crippen molar-refractivity contribution < 1.29 is 4.74 Å². The van der Waals surface area contributed by atoms with Crippen LogP contribution in [0.15, 0.2) is 30.6 Å². The molecule has 1 saturated heterocycles. The van der Waals surface area contributed by atoms with E-state index in [-0.39, 0.29) is 12.1 Å². The van der Waals surface area contributed by atoms with Gasteiger partial charge in [-0.3, -0.25) is 0 Å². The van der Waals surface area contributed by atoms with Crippen molar-refractivity contribution in [3.8, 4) is 0 Å². The summed E-state index contributed by atoms with van der Waals surface area (Å²) in [6, 6.07) is 6.04. The average molecular weight is 374 g/mol. The Balaban J connectivity index is 1.53. The minimum Gasteiger partial charge on any atom is -0.369 e. The maximum atomic E-state index is 6.09. The first-order chi connectivity index (χ1) is 12.7. The van der Waals surface area contributed by atoms with E-state index in [1.807, 2.05) is 37.6 Å². The van der Waals surface area contributed by atoms with E-state index in [4.69, 9.17) is 21.3 Å². The molecule has 2 aromatic heterocycles. The third kappa shape index (κ3) is 3.24. The lowest BCUT2D eigenvalue weighted by atomic mass is 10.0. The fourth-order valence-corrected chi connectivity index (χ4v) is 3.86. The van der Waals surface area contributed by atoms with E-state index in [0.29, 0.717) is 11.6 Å². The molecule has 26 heavy (non-hydrogen) atoms. The molecule has 0 spiro atoms. The van der Waals surface area contributed by atoms with E-state index in [1.165, 1.54) is 0 Å². The van der Waals surface area contributed by atoms with Crippen LogP contribution in [0.1, 0.15) is 37.5 Å². The van der Waals surface area contributed by atoms with Crippen molar-refractivity contribution in [2.75, 3.05) is 6.61 Å². The van der Waals surface area contributed by atoms with Crippen LogP contribution in [-0.2, 0) is 24.9 Å². The molecule has 6 nitrogen and oxygen atoms in total. The van der Waals surface area contributed by atoms with Gasteiger partial charge in [0.05, 0.1) is 17.6 Å². The molecule has 0 unspecified atom stereocenters. The fourth-order valence-electron chi connectivity index (χ4n) is 3.69. The van der Waals surface area contributed by atoms with E-state index in [0.717, 1.165) is 48.7 Å². The zero-order valence-electron chi connectivity index (χ0n) is 15.2. The van der Waals surface area contributed by atoms with Gasteiger partial charge in [-0.1, -0.05) is 11.6 Å². The van der Waals surface area contributed by atoms with Crippen molar-refractivity contribution in [1.29, 1.82) is 0 Å². The molecule has 1 fully saturated rings. The van der Waals surface area contributed by atoms with Crippen LogP contribution >= 0.6 is 11.6 Å². The normalized spacial score (nSPS) is 20.7. The van der Waals surface area contributed by atoms with Crippen LogP contribution in [0.3, 0.4) is 0 Å². The maximum absolute atomic E-state index is 6.09. The quantitative estimate of drug-likeness (QED) is 0.744. The highest BCUT2D eigenvalue weighted by atomic mass is 35.5. The molecule has 3 heterocycles. The van der Waals surface area contributed by atoms with Gasteiger partial charge in [0, 0.05) is 43.7 Å². The molecule has 0 saturated carbocycles. The standard InChI is InChI=1S/C19H24ClN5O/c1-3-25-9-8-21-19(25)18-14(5-4-10-26-18)22-12-17-23-15-11-13(20)6-7-16(15)24(17)2/h6-9,11,14,18,22H,3-5,10,12H2,1-2H3/t14-,18-/m0/s1. The summed E-state index contributed by atoms with van der Waals surface area (Å²) in [5, 5.41) is 4.36. The number of hydrogen-bond acceptors (Lipinski definition) is 4. The van der Waals surface area contributed by atoms with Gasteiger partial charge in [-0.25, -0.2) is 9.97 Å². The Morgan fingerprint density at radius 3 is 3.12 bits per heavy atom. The first-order valence-corrected chi connectivity index (χ1v) is 9.52. The second-order valence-corrected chi connectivity index (χ2v) is 7.15. The lowest BCUT2D eigenvalue weighted by Crippen LogP contribution is -2.40. The molecule has 3 aromatic rings. The van der Waals surface area contributed by atoms with Crippen molar-refractivity contribution in [3.63, 3.8) is 0 Å². The van der Waals surface area contributed by atoms with Crippen LogP contribution in [-0.4, -0.2) is 31.8 Å². The topological polar surface area (TPSA) is 56.9 Å². The van der Waals surface area contributed by atoms with Crippen LogP contribution in [0.25, 0.3) is 11.0 Å². The number of fused-ring (bicyclic) bond motifs is 1. The fraction of sp³-hybridized carbons (Fsp3) is 0.474. The van der Waals surface area contributed by atoms with Crippen LogP contribution in [0.4, 0.5) is 0 Å². The zero-order valence-corrected chi connectivity index (χ0v) is 15.9. The highest BCUT2D eigenvalue weighted by Crippen LogP contribution is 2.28. The first kappa shape index (κ1) is 17.5. The third-order valence-electron chi connectivity index (χ3n) is 5.12. The smallest absolute Gasteiger partial charge is 0.139 e. The number of halogens is 1. The molecule has 4 rings (SSSR count). The number of benzene rings is 1. The van der Waals surface area contributed by atoms with E-state index in [2.05, 4.69) is 26.4 Å². The van der Waals surface area contributed by atoms with Crippen molar-refractivity contribution >= 4 is 22.6 Å². The summed E-state index contributed by atoms with van der Waals surface area (Å²) in [7, 11) is 2.04. The second kappa shape index (κ2) is 7.39. The van der Waals surface area contributed by atoms with Gasteiger partial charge in [-0.05, 0) is 38.0 Å². The van der Waals surface area contributed by atoms with Gasteiger partial charge in [0.1, 0.15) is 17.8 Å². The van der Waals surface area contributed by atoms with E-state index < -0.39 is 0 Å². The van der Waals surface area contributed by atoms with Gasteiger partial charge in [-0.15, -0.1) is 0 Å². The SMILES string of the molecule is CCn1ccnc1[C@H]1OCCC[C@@H]1NCc1nc2cc(Cl)ccc2n1C. The molecular weight excluding hydrogens is 350 g/mol. The summed E-state index contributed by atoms with van der Waals surface area (Å²) in [6.07, 6.45) is 5.96. The van der Waals surface area contributed by atoms with Crippen LogP contribution in [0, 0.1) is 0 Å². The Hall–Kier alpha value is -1.89. The molecule has 1 aliphatic heterocycles. The number of nitrogens with one attached hydrogen (secondary N) is 1. The van der Waals surface area contributed by atoms with Crippen LogP contribution < -0.4 is 5.32 Å². The Morgan fingerprint density at radius 2 is 2.27 bits per heavy atom. The molecule has 0 amide bonds. The van der Waals surface area contributed by atoms with Gasteiger partial charge in [-0.2, -0.15) is 0 Å². The molecule has 1 N–H and O–H groups in total. The molecule has 0 radical (unpaired) electrons. The maximum Gasteiger partial charge on any atom is 0.139 e. The Labute approximate surface area is 158 Å². The lowest BCUT2D eigenvalue weighted by molar-refractivity contribution is -0.0184. The minimum absolute atomic E-state index is 0.0252. The predicted molar refractivity (Wildman–Crippen MR) is 102 cm³/mol. The van der Waals surface area contributed by atoms with Crippen molar-refractivity contribution in [3.05, 3.63) is 47.3 Å². The van der Waals surface area contributed by atoms with Crippen molar-refractivity contribution in [1.82, 2.24) is 24.4 Å². The molecule has 7 heteroatoms. The number of aromatic nitrogens is 4. The number of ether oxygens (including phenoxy) is 1. The summed E-state index contributed by atoms with van der Waals surface area (Å²) in [4.78, 5) is 9.27. The number of nitrogens with zero attached hydrogens (tertiary/aromatic N) is 4. The number of imidazole rings is 2. The summed E-state index contributed by atoms with van der Waals surface area (Å²) in [6.45, 7) is 4.48. The highest BCUT2D eigenvalue weighted by Gasteiger charge is 2.30. The average Bonchev–Trinajstić information content (AvgIpc) is 3.24. The van der Waals surface area contributed by atoms with Crippen LogP contribution in [0.2, 0.25) is 5.02 Å². The van der Waals surface area contributed by atoms with Crippen molar-refractivity contribution in [2.24, 2.45) is 7.05 Å². The van der Waals surface area contributed by atoms with Gasteiger partial charge < -0.3 is 19.2 Å². The predicted octanol–water partition coefficient (Wildman–Crippen LogP) is 3.45. The van der Waals surface area contributed by atoms with Crippen LogP contribution in [0.5, 0.6) is 0 Å². The largest absolute Gasteiger partial charge is 0.369 e. The van der Waals surface area contributed by atoms with E-state index >= 15 is 0 Å². The number of hydrogen-bond donors (Lipinski definition) is 1. The zero-order chi connectivity index (χ0) is 18.1. The van der Waals surface area contributed by atoms with E-state index in [1.54, 1.807) is 0 Å². The third-order valence-corrected chi connectivity index (χ3v) is 5.36. The summed E-state index contributed by atoms with van der Waals surface area (Å²) >= 11 is 6.09. The monoisotopic (exact) mass is 373 g/mol. The summed E-state index contributed by atoms with van der Waals surface area (Å²) in [5.74, 6) is 1.99. The van der Waals surface area contributed by atoms with Gasteiger partial charge >= 0.3 is 0 Å². The number of aryl methyl sites for hydroxylation is 2. The molecule has 1 aliphatic rings. The molecule has 0 bridgehead atoms. The van der Waals surface area contributed by atoms with E-state index in [9.17, 15) is 0 Å². The summed E-state index contributed by atoms with van der Waals surface area (Å²) in [5.41, 5.74) is 2.01. The van der Waals surface area contributed by atoms with Gasteiger partial charge in [0.25, 0.3) is 0 Å². The van der Waals surface area contributed by atoms with Gasteiger partial charge in [0.15, 0.2) is 0 Å². The molecule has 1 aromatic carbocycles. The van der Waals surface area contributed by atoms with Crippen molar-refractivity contribution in [2.45, 2.75) is 45.0 Å². The Morgan fingerprint density at radius 1 is 1.38 bits per heavy atom. The first-order valence-electron chi connectivity index (χ1n) is 9.14. The summed E-state index contributed by atoms with van der Waals surface area (Å²) < 4.78 is 10.4. The van der Waals surface area contributed by atoms with Gasteiger partial charge in [0.2, 0.25) is 0 Å². The Kier molecular flexibility index (Phi) is 4.98. The molecule has 138 valence electrons. The Bertz CT molecular complexity index is 903. The highest BCUT2D eigenvalue weighted by molar-refractivity contribution is 6.31. The second-order valence-electron chi connectivity index (χ2n) is 6.71. The minimum atomic E-state index is -0.0252. The molecule has 0 aliphatic carbocycles. The molecule has 2 atom stereocenters. The molecular formula is C19H24ClN5O. The number of rotatable bonds is 5. The lowest BCUT2D eigenvalue weighted by Gasteiger charge is -2.32.